The van der Waals surface area contributed by atoms with E-state index >= 15 is 0 Å². The van der Waals surface area contributed by atoms with Crippen molar-refractivity contribution < 1.29 is 9.90 Å². The van der Waals surface area contributed by atoms with Crippen LogP contribution in [0, 0.1) is 0 Å². The first-order chi connectivity index (χ1) is 7.41. The quantitative estimate of drug-likeness (QED) is 0.626. The third-order valence-electron chi connectivity index (χ3n) is 3.17. The largest absolute Gasteiger partial charge is 0.392 e. The predicted molar refractivity (Wildman–Crippen MR) is 63.9 cm³/mol. The number of nitrogens with two attached hydrogens (primary N) is 1. The standard InChI is InChI=1S/C12H24N2O2/c1-12(2,8-11(13)16)14-9-6-4-3-5-7-10(9)15/h9-10,14-15H,3-8H2,1-2H3,(H2,13,16). The fraction of sp³-hybridized carbons (Fsp3) is 0.917. The molecule has 0 radical (unpaired) electrons. The van der Waals surface area contributed by atoms with Gasteiger partial charge in [0.15, 0.2) is 0 Å². The number of aliphatic hydroxyl groups excluding tert-OH is 1. The molecule has 2 atom stereocenters. The van der Waals surface area contributed by atoms with Crippen LogP contribution in [0.15, 0.2) is 0 Å². The van der Waals surface area contributed by atoms with E-state index in [2.05, 4.69) is 5.32 Å². The fourth-order valence-electron chi connectivity index (χ4n) is 2.44. The highest BCUT2D eigenvalue weighted by molar-refractivity contribution is 5.75. The maximum atomic E-state index is 10.9. The number of aliphatic hydroxyl groups is 1. The van der Waals surface area contributed by atoms with Gasteiger partial charge in [0.05, 0.1) is 6.10 Å². The average molecular weight is 228 g/mol. The average Bonchev–Trinajstić information content (AvgIpc) is 2.29. The first-order valence-corrected chi connectivity index (χ1v) is 6.15. The van der Waals surface area contributed by atoms with Crippen molar-refractivity contribution in [3.8, 4) is 0 Å². The molecule has 4 heteroatoms. The van der Waals surface area contributed by atoms with Crippen LogP contribution in [0.5, 0.6) is 0 Å². The Morgan fingerprint density at radius 2 is 2.00 bits per heavy atom. The van der Waals surface area contributed by atoms with Crippen molar-refractivity contribution in [2.24, 2.45) is 5.73 Å². The van der Waals surface area contributed by atoms with Gasteiger partial charge >= 0.3 is 0 Å². The van der Waals surface area contributed by atoms with Gasteiger partial charge in [-0.3, -0.25) is 4.79 Å². The second-order valence-electron chi connectivity index (χ2n) is 5.48. The molecule has 2 unspecified atom stereocenters. The van der Waals surface area contributed by atoms with E-state index < -0.39 is 0 Å². The van der Waals surface area contributed by atoms with Crippen LogP contribution in [0.1, 0.15) is 52.4 Å². The first-order valence-electron chi connectivity index (χ1n) is 6.15. The zero-order valence-electron chi connectivity index (χ0n) is 10.3. The summed E-state index contributed by atoms with van der Waals surface area (Å²) in [6.07, 6.45) is 5.25. The summed E-state index contributed by atoms with van der Waals surface area (Å²) in [5.41, 5.74) is 4.88. The molecular weight excluding hydrogens is 204 g/mol. The van der Waals surface area contributed by atoms with Gasteiger partial charge in [-0.1, -0.05) is 19.3 Å². The summed E-state index contributed by atoms with van der Waals surface area (Å²) >= 11 is 0. The molecule has 0 aromatic rings. The first kappa shape index (κ1) is 13.5. The van der Waals surface area contributed by atoms with Gasteiger partial charge in [-0.2, -0.15) is 0 Å². The topological polar surface area (TPSA) is 75.4 Å². The van der Waals surface area contributed by atoms with Crippen molar-refractivity contribution in [3.63, 3.8) is 0 Å². The van der Waals surface area contributed by atoms with Crippen molar-refractivity contribution in [1.29, 1.82) is 0 Å². The maximum absolute atomic E-state index is 10.9. The number of carbonyl (C=O) groups is 1. The Morgan fingerprint density at radius 3 is 2.62 bits per heavy atom. The molecule has 94 valence electrons. The highest BCUT2D eigenvalue weighted by Crippen LogP contribution is 2.21. The molecule has 16 heavy (non-hydrogen) atoms. The molecule has 1 fully saturated rings. The summed E-state index contributed by atoms with van der Waals surface area (Å²) in [6.45, 7) is 3.91. The highest BCUT2D eigenvalue weighted by Gasteiger charge is 2.28. The second-order valence-corrected chi connectivity index (χ2v) is 5.48. The number of nitrogens with one attached hydrogen (secondary N) is 1. The van der Waals surface area contributed by atoms with Gasteiger partial charge in [-0.05, 0) is 26.7 Å². The lowest BCUT2D eigenvalue weighted by molar-refractivity contribution is -0.119. The van der Waals surface area contributed by atoms with Crippen LogP contribution < -0.4 is 11.1 Å². The summed E-state index contributed by atoms with van der Waals surface area (Å²) in [7, 11) is 0. The van der Waals surface area contributed by atoms with Gasteiger partial charge in [0.1, 0.15) is 0 Å². The molecule has 1 aliphatic rings. The van der Waals surface area contributed by atoms with E-state index in [4.69, 9.17) is 5.73 Å². The minimum absolute atomic E-state index is 0.0943. The molecule has 4 nitrogen and oxygen atoms in total. The van der Waals surface area contributed by atoms with Crippen LogP contribution in [-0.4, -0.2) is 28.7 Å². The lowest BCUT2D eigenvalue weighted by atomic mass is 9.95. The number of rotatable bonds is 4. The lowest BCUT2D eigenvalue weighted by Crippen LogP contribution is -2.52. The number of hydrogen-bond acceptors (Lipinski definition) is 3. The normalized spacial score (nSPS) is 27.4. The maximum Gasteiger partial charge on any atom is 0.219 e. The molecule has 0 aliphatic heterocycles. The van der Waals surface area contributed by atoms with E-state index in [0.29, 0.717) is 6.42 Å². The van der Waals surface area contributed by atoms with E-state index in [1.54, 1.807) is 0 Å². The van der Waals surface area contributed by atoms with Crippen molar-refractivity contribution in [1.82, 2.24) is 5.32 Å². The molecule has 1 saturated carbocycles. The Balaban J connectivity index is 2.52. The third kappa shape index (κ3) is 4.49. The molecule has 0 saturated heterocycles. The summed E-state index contributed by atoms with van der Waals surface area (Å²) in [5.74, 6) is -0.305. The molecule has 0 aromatic heterocycles. The Bertz CT molecular complexity index is 241. The van der Waals surface area contributed by atoms with Gasteiger partial charge in [0.2, 0.25) is 5.91 Å². The molecule has 1 rings (SSSR count). The molecule has 1 amide bonds. The predicted octanol–water partition coefficient (Wildman–Crippen LogP) is 0.924. The second kappa shape index (κ2) is 5.64. The molecule has 4 N–H and O–H groups in total. The number of amides is 1. The summed E-state index contributed by atoms with van der Waals surface area (Å²) in [5, 5.41) is 13.3. The molecular formula is C12H24N2O2. The molecule has 0 bridgehead atoms. The highest BCUT2D eigenvalue weighted by atomic mass is 16.3. The summed E-state index contributed by atoms with van der Waals surface area (Å²) < 4.78 is 0. The van der Waals surface area contributed by atoms with E-state index in [1.807, 2.05) is 13.8 Å². The van der Waals surface area contributed by atoms with Gasteiger partial charge < -0.3 is 16.2 Å². The fourth-order valence-corrected chi connectivity index (χ4v) is 2.44. The van der Waals surface area contributed by atoms with Crippen LogP contribution in [0.4, 0.5) is 0 Å². The lowest BCUT2D eigenvalue weighted by Gasteiger charge is -2.33. The SMILES string of the molecule is CC(C)(CC(N)=O)NC1CCCCCC1O. The third-order valence-corrected chi connectivity index (χ3v) is 3.17. The van der Waals surface area contributed by atoms with Crippen molar-refractivity contribution in [3.05, 3.63) is 0 Å². The van der Waals surface area contributed by atoms with E-state index in [9.17, 15) is 9.90 Å². The van der Waals surface area contributed by atoms with E-state index in [-0.39, 0.29) is 23.6 Å². The molecule has 0 spiro atoms. The molecule has 0 heterocycles. The molecule has 1 aliphatic carbocycles. The van der Waals surface area contributed by atoms with Crippen LogP contribution in [-0.2, 0) is 4.79 Å². The van der Waals surface area contributed by atoms with Crippen LogP contribution in [0.2, 0.25) is 0 Å². The zero-order valence-corrected chi connectivity index (χ0v) is 10.3. The van der Waals surface area contributed by atoms with Crippen LogP contribution in [0.3, 0.4) is 0 Å². The van der Waals surface area contributed by atoms with E-state index in [0.717, 1.165) is 25.7 Å². The van der Waals surface area contributed by atoms with Gasteiger partial charge in [0.25, 0.3) is 0 Å². The Labute approximate surface area is 97.6 Å². The number of carbonyl (C=O) groups excluding carboxylic acids is 1. The number of primary amides is 1. The minimum Gasteiger partial charge on any atom is -0.392 e. The van der Waals surface area contributed by atoms with Crippen LogP contribution >= 0.6 is 0 Å². The van der Waals surface area contributed by atoms with Crippen molar-refractivity contribution >= 4 is 5.91 Å². The van der Waals surface area contributed by atoms with E-state index in [1.165, 1.54) is 6.42 Å². The smallest absolute Gasteiger partial charge is 0.219 e. The summed E-state index contributed by atoms with van der Waals surface area (Å²) in [4.78, 5) is 10.9. The zero-order chi connectivity index (χ0) is 12.2. The van der Waals surface area contributed by atoms with Gasteiger partial charge in [0, 0.05) is 18.0 Å². The van der Waals surface area contributed by atoms with Crippen LogP contribution in [0.25, 0.3) is 0 Å². The monoisotopic (exact) mass is 228 g/mol. The minimum atomic E-state index is -0.332. The van der Waals surface area contributed by atoms with Gasteiger partial charge in [-0.15, -0.1) is 0 Å². The number of hydrogen-bond donors (Lipinski definition) is 3. The Kier molecular flexibility index (Phi) is 4.74. The van der Waals surface area contributed by atoms with Crippen molar-refractivity contribution in [2.75, 3.05) is 0 Å². The van der Waals surface area contributed by atoms with Gasteiger partial charge in [-0.25, -0.2) is 0 Å². The Hall–Kier alpha value is -0.610. The Morgan fingerprint density at radius 1 is 1.38 bits per heavy atom. The summed E-state index contributed by atoms with van der Waals surface area (Å²) in [6, 6.07) is 0.0943. The van der Waals surface area contributed by atoms with Crippen molar-refractivity contribution in [2.45, 2.75) is 70.1 Å². The molecule has 0 aromatic carbocycles.